The van der Waals surface area contributed by atoms with Gasteiger partial charge in [-0.25, -0.2) is 9.97 Å². The van der Waals surface area contributed by atoms with Gasteiger partial charge in [-0.2, -0.15) is 4.39 Å². The van der Waals surface area contributed by atoms with Crippen LogP contribution in [0.4, 0.5) is 4.39 Å². The second-order valence-corrected chi connectivity index (χ2v) is 7.76. The number of aryl methyl sites for hydroxylation is 1. The summed E-state index contributed by atoms with van der Waals surface area (Å²) in [5, 5.41) is 5.05. The maximum absolute atomic E-state index is 13.1. The van der Waals surface area contributed by atoms with E-state index in [0.717, 1.165) is 35.9 Å². The standard InChI is InChI=1S/C24H23FN4/c1-15(16-6-3-2-4-7-16)28-22-9-5-8-19-20-12-17(10-11-21(20)29-23(19)22)18-13-26-24(25)27-14-18/h2-4,6-7,10-15,22,28-29H,5,8-9H2,1H3. The van der Waals surface area contributed by atoms with Gasteiger partial charge in [0.2, 0.25) is 0 Å². The number of aromatic nitrogens is 3. The molecule has 2 aromatic carbocycles. The summed E-state index contributed by atoms with van der Waals surface area (Å²) in [7, 11) is 0. The van der Waals surface area contributed by atoms with Gasteiger partial charge < -0.3 is 10.3 Å². The summed E-state index contributed by atoms with van der Waals surface area (Å²) in [5.74, 6) is 0. The van der Waals surface area contributed by atoms with E-state index in [9.17, 15) is 4.39 Å². The van der Waals surface area contributed by atoms with E-state index in [2.05, 4.69) is 69.7 Å². The van der Waals surface area contributed by atoms with Crippen LogP contribution in [0.5, 0.6) is 0 Å². The lowest BCUT2D eigenvalue weighted by Gasteiger charge is -2.27. The fourth-order valence-electron chi connectivity index (χ4n) is 4.41. The van der Waals surface area contributed by atoms with Crippen molar-refractivity contribution < 1.29 is 4.39 Å². The van der Waals surface area contributed by atoms with E-state index in [4.69, 9.17) is 0 Å². The summed E-state index contributed by atoms with van der Waals surface area (Å²) in [6.07, 6.45) is 5.72. The molecule has 0 aliphatic heterocycles. The Morgan fingerprint density at radius 2 is 1.86 bits per heavy atom. The van der Waals surface area contributed by atoms with Crippen molar-refractivity contribution in [1.29, 1.82) is 0 Å². The predicted octanol–water partition coefficient (Wildman–Crippen LogP) is 5.49. The minimum absolute atomic E-state index is 0.283. The molecule has 0 saturated heterocycles. The van der Waals surface area contributed by atoms with Crippen LogP contribution in [0.2, 0.25) is 0 Å². The monoisotopic (exact) mass is 386 g/mol. The zero-order valence-corrected chi connectivity index (χ0v) is 16.3. The molecule has 2 N–H and O–H groups in total. The first-order chi connectivity index (χ1) is 14.2. The summed E-state index contributed by atoms with van der Waals surface area (Å²) in [4.78, 5) is 11.0. The molecule has 2 unspecified atom stereocenters. The fourth-order valence-corrected chi connectivity index (χ4v) is 4.41. The van der Waals surface area contributed by atoms with Crippen molar-refractivity contribution in [2.24, 2.45) is 0 Å². The zero-order valence-electron chi connectivity index (χ0n) is 16.3. The number of nitrogens with one attached hydrogen (secondary N) is 2. The highest BCUT2D eigenvalue weighted by Crippen LogP contribution is 2.37. The quantitative estimate of drug-likeness (QED) is 0.456. The maximum atomic E-state index is 13.1. The fraction of sp³-hybridized carbons (Fsp3) is 0.250. The normalized spacial score (nSPS) is 17.2. The minimum Gasteiger partial charge on any atom is -0.357 e. The van der Waals surface area contributed by atoms with Crippen molar-refractivity contribution in [1.82, 2.24) is 20.3 Å². The lowest BCUT2D eigenvalue weighted by atomic mass is 9.90. The lowest BCUT2D eigenvalue weighted by Crippen LogP contribution is -2.27. The second-order valence-electron chi connectivity index (χ2n) is 7.76. The second kappa shape index (κ2) is 7.41. The molecule has 5 heteroatoms. The smallest absolute Gasteiger partial charge is 0.308 e. The third kappa shape index (κ3) is 3.42. The Hall–Kier alpha value is -3.05. The highest BCUT2D eigenvalue weighted by Gasteiger charge is 2.25. The van der Waals surface area contributed by atoms with Crippen molar-refractivity contribution in [3.05, 3.63) is 83.8 Å². The number of benzene rings is 2. The number of rotatable bonds is 4. The highest BCUT2D eigenvalue weighted by atomic mass is 19.1. The topological polar surface area (TPSA) is 53.6 Å². The molecule has 1 aliphatic rings. The third-order valence-corrected chi connectivity index (χ3v) is 5.91. The van der Waals surface area contributed by atoms with E-state index in [1.54, 1.807) is 0 Å². The Morgan fingerprint density at radius 3 is 2.66 bits per heavy atom. The van der Waals surface area contributed by atoms with Gasteiger partial charge in [-0.3, -0.25) is 0 Å². The lowest BCUT2D eigenvalue weighted by molar-refractivity contribution is 0.410. The SMILES string of the molecule is CC(NC1CCCc2c1[nH]c1ccc(-c3cnc(F)nc3)cc21)c1ccccc1. The largest absolute Gasteiger partial charge is 0.357 e. The van der Waals surface area contributed by atoms with Gasteiger partial charge in [0.15, 0.2) is 0 Å². The summed E-state index contributed by atoms with van der Waals surface area (Å²) in [5.41, 5.74) is 6.95. The van der Waals surface area contributed by atoms with E-state index < -0.39 is 6.08 Å². The first-order valence-corrected chi connectivity index (χ1v) is 10.1. The van der Waals surface area contributed by atoms with Crippen LogP contribution in [0.15, 0.2) is 60.9 Å². The van der Waals surface area contributed by atoms with E-state index in [-0.39, 0.29) is 6.04 Å². The molecular formula is C24H23FN4. The van der Waals surface area contributed by atoms with Crippen molar-refractivity contribution in [3.63, 3.8) is 0 Å². The number of nitrogens with zero attached hydrogens (tertiary/aromatic N) is 2. The van der Waals surface area contributed by atoms with Crippen LogP contribution < -0.4 is 5.32 Å². The number of hydrogen-bond donors (Lipinski definition) is 2. The first-order valence-electron chi connectivity index (χ1n) is 10.1. The van der Waals surface area contributed by atoms with Gasteiger partial charge in [0.1, 0.15) is 0 Å². The molecule has 4 aromatic rings. The Balaban J connectivity index is 1.49. The van der Waals surface area contributed by atoms with Gasteiger partial charge in [0, 0.05) is 46.6 Å². The number of halogens is 1. The van der Waals surface area contributed by atoms with E-state index in [1.807, 2.05) is 6.07 Å². The Morgan fingerprint density at radius 1 is 1.07 bits per heavy atom. The number of fused-ring (bicyclic) bond motifs is 3. The average molecular weight is 386 g/mol. The van der Waals surface area contributed by atoms with Crippen molar-refractivity contribution in [2.45, 2.75) is 38.3 Å². The van der Waals surface area contributed by atoms with Gasteiger partial charge in [-0.05, 0) is 55.0 Å². The highest BCUT2D eigenvalue weighted by molar-refractivity contribution is 5.89. The zero-order chi connectivity index (χ0) is 19.8. The molecule has 0 bridgehead atoms. The Kier molecular flexibility index (Phi) is 4.60. The Bertz CT molecular complexity index is 1130. The first kappa shape index (κ1) is 18.0. The van der Waals surface area contributed by atoms with Crippen LogP contribution in [0.1, 0.15) is 48.7 Å². The number of hydrogen-bond acceptors (Lipinski definition) is 3. The predicted molar refractivity (Wildman–Crippen MR) is 113 cm³/mol. The molecule has 1 aliphatic carbocycles. The summed E-state index contributed by atoms with van der Waals surface area (Å²) in [6.45, 7) is 2.22. The molecule has 146 valence electrons. The van der Waals surface area contributed by atoms with Gasteiger partial charge in [-0.15, -0.1) is 0 Å². The molecule has 5 rings (SSSR count). The van der Waals surface area contributed by atoms with Crippen LogP contribution in [-0.2, 0) is 6.42 Å². The Labute approximate surface area is 169 Å². The maximum Gasteiger partial charge on any atom is 0.308 e. The summed E-state index contributed by atoms with van der Waals surface area (Å²) in [6, 6.07) is 17.5. The summed E-state index contributed by atoms with van der Waals surface area (Å²) < 4.78 is 13.1. The number of aromatic amines is 1. The molecule has 2 aromatic heterocycles. The van der Waals surface area contributed by atoms with Crippen LogP contribution in [0.3, 0.4) is 0 Å². The van der Waals surface area contributed by atoms with E-state index >= 15 is 0 Å². The van der Waals surface area contributed by atoms with Crippen LogP contribution in [-0.4, -0.2) is 15.0 Å². The van der Waals surface area contributed by atoms with Crippen LogP contribution >= 0.6 is 0 Å². The van der Waals surface area contributed by atoms with Gasteiger partial charge in [-0.1, -0.05) is 36.4 Å². The molecule has 4 nitrogen and oxygen atoms in total. The van der Waals surface area contributed by atoms with Crippen molar-refractivity contribution in [2.75, 3.05) is 0 Å². The minimum atomic E-state index is -0.699. The molecule has 2 heterocycles. The molecule has 0 radical (unpaired) electrons. The van der Waals surface area contributed by atoms with Crippen LogP contribution in [0.25, 0.3) is 22.0 Å². The molecule has 0 saturated carbocycles. The van der Waals surface area contributed by atoms with E-state index in [0.29, 0.717) is 6.04 Å². The summed E-state index contributed by atoms with van der Waals surface area (Å²) >= 11 is 0. The van der Waals surface area contributed by atoms with Crippen molar-refractivity contribution >= 4 is 10.9 Å². The molecule has 29 heavy (non-hydrogen) atoms. The third-order valence-electron chi connectivity index (χ3n) is 5.91. The molecule has 0 amide bonds. The van der Waals surface area contributed by atoms with Crippen LogP contribution in [0, 0.1) is 6.08 Å². The molecule has 0 spiro atoms. The average Bonchev–Trinajstić information content (AvgIpc) is 3.14. The molecular weight excluding hydrogens is 363 g/mol. The van der Waals surface area contributed by atoms with E-state index in [1.165, 1.54) is 34.6 Å². The van der Waals surface area contributed by atoms with Gasteiger partial charge in [0.25, 0.3) is 0 Å². The van der Waals surface area contributed by atoms with Gasteiger partial charge in [0.05, 0.1) is 0 Å². The van der Waals surface area contributed by atoms with Crippen molar-refractivity contribution in [3.8, 4) is 11.1 Å². The molecule has 2 atom stereocenters. The number of H-pyrrole nitrogens is 1. The van der Waals surface area contributed by atoms with Gasteiger partial charge >= 0.3 is 6.08 Å². The molecule has 0 fully saturated rings.